The van der Waals surface area contributed by atoms with E-state index >= 15 is 0 Å². The van der Waals surface area contributed by atoms with E-state index in [1.165, 1.54) is 12.8 Å². The van der Waals surface area contributed by atoms with Crippen molar-refractivity contribution in [3.63, 3.8) is 0 Å². The van der Waals surface area contributed by atoms with Crippen LogP contribution in [0.1, 0.15) is 24.8 Å². The molecule has 1 saturated heterocycles. The topological polar surface area (TPSA) is 64.1 Å². The first-order chi connectivity index (χ1) is 12.4. The molecule has 142 valence electrons. The van der Waals surface area contributed by atoms with Gasteiger partial charge in [-0.25, -0.2) is 0 Å². The third-order valence-corrected chi connectivity index (χ3v) is 5.15. The van der Waals surface area contributed by atoms with Gasteiger partial charge in [-0.15, -0.1) is 0 Å². The van der Waals surface area contributed by atoms with Crippen molar-refractivity contribution in [1.29, 1.82) is 0 Å². The molecule has 0 bridgehead atoms. The van der Waals surface area contributed by atoms with E-state index in [2.05, 4.69) is 0 Å². The number of hydrogen-bond acceptors (Lipinski definition) is 4. The zero-order valence-electron chi connectivity index (χ0n) is 15.7. The van der Waals surface area contributed by atoms with Crippen LogP contribution in [-0.4, -0.2) is 71.9 Å². The summed E-state index contributed by atoms with van der Waals surface area (Å²) in [7, 11) is 3.96. The number of aromatic hydroxyl groups is 1. The smallest absolute Gasteiger partial charge is 0.228 e. The number of hydrogen-bond donors (Lipinski definition) is 1. The molecule has 1 heterocycles. The van der Waals surface area contributed by atoms with E-state index in [1.54, 1.807) is 18.2 Å². The zero-order chi connectivity index (χ0) is 18.7. The molecule has 1 aliphatic heterocycles. The lowest BCUT2D eigenvalue weighted by atomic mass is 10.1. The quantitative estimate of drug-likeness (QED) is 0.765. The molecule has 0 aromatic heterocycles. The average molecular weight is 359 g/mol. The number of nitrogens with zero attached hydrogens (tertiary/aromatic N) is 3. The van der Waals surface area contributed by atoms with Crippen LogP contribution < -0.4 is 0 Å². The maximum Gasteiger partial charge on any atom is 0.228 e. The first kappa shape index (κ1) is 18.7. The van der Waals surface area contributed by atoms with E-state index in [9.17, 15) is 14.7 Å². The summed E-state index contributed by atoms with van der Waals surface area (Å²) >= 11 is 0. The summed E-state index contributed by atoms with van der Waals surface area (Å²) in [6.45, 7) is 3.18. The Morgan fingerprint density at radius 1 is 1.27 bits per heavy atom. The van der Waals surface area contributed by atoms with Gasteiger partial charge < -0.3 is 19.8 Å². The first-order valence-corrected chi connectivity index (χ1v) is 9.41. The van der Waals surface area contributed by atoms with E-state index < -0.39 is 0 Å². The van der Waals surface area contributed by atoms with Crippen molar-refractivity contribution in [2.75, 3.05) is 40.3 Å². The molecule has 1 aromatic carbocycles. The molecule has 0 spiro atoms. The summed E-state index contributed by atoms with van der Waals surface area (Å²) in [5.74, 6) is 0.752. The van der Waals surface area contributed by atoms with Gasteiger partial charge in [0.2, 0.25) is 11.8 Å². The van der Waals surface area contributed by atoms with E-state index in [1.807, 2.05) is 34.9 Å². The van der Waals surface area contributed by atoms with Gasteiger partial charge in [-0.1, -0.05) is 12.1 Å². The molecule has 3 rings (SSSR count). The highest BCUT2D eigenvalue weighted by Crippen LogP contribution is 2.32. The summed E-state index contributed by atoms with van der Waals surface area (Å²) in [6, 6.07) is 7.01. The number of carbonyl (C=O) groups is 2. The fourth-order valence-electron chi connectivity index (χ4n) is 3.45. The number of amides is 2. The molecule has 1 unspecified atom stereocenters. The Hall–Kier alpha value is -2.08. The molecule has 1 atom stereocenters. The monoisotopic (exact) mass is 359 g/mol. The lowest BCUT2D eigenvalue weighted by molar-refractivity contribution is -0.136. The summed E-state index contributed by atoms with van der Waals surface area (Å²) < 4.78 is 0. The normalized spacial score (nSPS) is 20.0. The number of benzene rings is 1. The van der Waals surface area contributed by atoms with Gasteiger partial charge in [0, 0.05) is 39.1 Å². The van der Waals surface area contributed by atoms with Gasteiger partial charge in [-0.2, -0.15) is 0 Å². The standard InChI is InChI=1S/C20H29N3O3/c1-21(2)8-9-22(13-16-4-3-5-18(24)10-16)20(26)17-11-19(25)23(14-17)12-15-6-7-15/h3-5,10,15,17,24H,6-9,11-14H2,1-2H3. The number of rotatable bonds is 8. The van der Waals surface area contributed by atoms with Crippen LogP contribution in [0.4, 0.5) is 0 Å². The molecule has 1 N–H and O–H groups in total. The Morgan fingerprint density at radius 3 is 2.69 bits per heavy atom. The van der Waals surface area contributed by atoms with Crippen LogP contribution in [0.2, 0.25) is 0 Å². The van der Waals surface area contributed by atoms with Crippen LogP contribution >= 0.6 is 0 Å². The molecule has 0 radical (unpaired) electrons. The minimum absolute atomic E-state index is 0.0434. The second-order valence-electron chi connectivity index (χ2n) is 7.88. The van der Waals surface area contributed by atoms with Crippen molar-refractivity contribution in [3.8, 4) is 5.75 Å². The highest BCUT2D eigenvalue weighted by molar-refractivity contribution is 5.89. The Morgan fingerprint density at radius 2 is 2.04 bits per heavy atom. The number of likely N-dealkylation sites (tertiary alicyclic amines) is 1. The molecule has 2 amide bonds. The fourth-order valence-corrected chi connectivity index (χ4v) is 3.45. The third-order valence-electron chi connectivity index (χ3n) is 5.15. The van der Waals surface area contributed by atoms with Crippen LogP contribution in [0.5, 0.6) is 5.75 Å². The lowest BCUT2D eigenvalue weighted by Gasteiger charge is -2.27. The molecule has 1 aromatic rings. The van der Waals surface area contributed by atoms with Gasteiger partial charge in [0.1, 0.15) is 5.75 Å². The fraction of sp³-hybridized carbons (Fsp3) is 0.600. The van der Waals surface area contributed by atoms with Gasteiger partial charge in [0.05, 0.1) is 5.92 Å². The van der Waals surface area contributed by atoms with Crippen molar-refractivity contribution in [1.82, 2.24) is 14.7 Å². The minimum atomic E-state index is -0.249. The Balaban J connectivity index is 1.66. The van der Waals surface area contributed by atoms with Crippen LogP contribution in [-0.2, 0) is 16.1 Å². The zero-order valence-corrected chi connectivity index (χ0v) is 15.7. The average Bonchev–Trinajstić information content (AvgIpc) is 3.33. The van der Waals surface area contributed by atoms with Crippen LogP contribution in [0, 0.1) is 11.8 Å². The second kappa shape index (κ2) is 8.08. The lowest BCUT2D eigenvalue weighted by Crippen LogP contribution is -2.40. The molecule has 1 saturated carbocycles. The summed E-state index contributed by atoms with van der Waals surface area (Å²) in [5, 5.41) is 9.69. The molecule has 6 heteroatoms. The van der Waals surface area contributed by atoms with Gasteiger partial charge in [0.15, 0.2) is 0 Å². The Bertz CT molecular complexity index is 657. The molecule has 26 heavy (non-hydrogen) atoms. The van der Waals surface area contributed by atoms with E-state index in [0.29, 0.717) is 32.0 Å². The largest absolute Gasteiger partial charge is 0.508 e. The van der Waals surface area contributed by atoms with Crippen LogP contribution in [0.25, 0.3) is 0 Å². The van der Waals surface area contributed by atoms with Crippen molar-refractivity contribution in [2.24, 2.45) is 11.8 Å². The Labute approximate surface area is 155 Å². The second-order valence-corrected chi connectivity index (χ2v) is 7.88. The van der Waals surface area contributed by atoms with Gasteiger partial charge in [-0.05, 0) is 50.6 Å². The highest BCUT2D eigenvalue weighted by atomic mass is 16.3. The predicted molar refractivity (Wildman–Crippen MR) is 99.5 cm³/mol. The SMILES string of the molecule is CN(C)CCN(Cc1cccc(O)c1)C(=O)C1CC(=O)N(CC2CC2)C1. The number of phenolic OH excluding ortho intramolecular Hbond substituents is 1. The molecule has 2 fully saturated rings. The van der Waals surface area contributed by atoms with Gasteiger partial charge in [0.25, 0.3) is 0 Å². The van der Waals surface area contributed by atoms with Gasteiger partial charge >= 0.3 is 0 Å². The molecular formula is C20H29N3O3. The van der Waals surface area contributed by atoms with E-state index in [4.69, 9.17) is 0 Å². The Kier molecular flexibility index (Phi) is 5.81. The van der Waals surface area contributed by atoms with Crippen LogP contribution in [0.15, 0.2) is 24.3 Å². The van der Waals surface area contributed by atoms with Gasteiger partial charge in [-0.3, -0.25) is 9.59 Å². The number of phenols is 1. The predicted octanol–water partition coefficient (Wildman–Crippen LogP) is 1.54. The summed E-state index contributed by atoms with van der Waals surface area (Å²) in [6.07, 6.45) is 2.73. The molecular weight excluding hydrogens is 330 g/mol. The number of carbonyl (C=O) groups excluding carboxylic acids is 2. The summed E-state index contributed by atoms with van der Waals surface area (Å²) in [4.78, 5) is 31.1. The van der Waals surface area contributed by atoms with Crippen molar-refractivity contribution >= 4 is 11.8 Å². The summed E-state index contributed by atoms with van der Waals surface area (Å²) in [5.41, 5.74) is 0.899. The van der Waals surface area contributed by atoms with E-state index in [-0.39, 0.29) is 23.5 Å². The van der Waals surface area contributed by atoms with Crippen LogP contribution in [0.3, 0.4) is 0 Å². The van der Waals surface area contributed by atoms with E-state index in [0.717, 1.165) is 18.7 Å². The molecule has 2 aliphatic rings. The minimum Gasteiger partial charge on any atom is -0.508 e. The number of likely N-dealkylation sites (N-methyl/N-ethyl adjacent to an activating group) is 1. The van der Waals surface area contributed by atoms with Crippen molar-refractivity contribution in [2.45, 2.75) is 25.8 Å². The highest BCUT2D eigenvalue weighted by Gasteiger charge is 2.38. The van der Waals surface area contributed by atoms with Crippen molar-refractivity contribution < 1.29 is 14.7 Å². The molecule has 1 aliphatic carbocycles. The maximum atomic E-state index is 13.1. The first-order valence-electron chi connectivity index (χ1n) is 9.41. The molecule has 6 nitrogen and oxygen atoms in total. The maximum absolute atomic E-state index is 13.1. The van der Waals surface area contributed by atoms with Crippen molar-refractivity contribution in [3.05, 3.63) is 29.8 Å². The third kappa shape index (κ3) is 4.97.